The third-order valence-electron chi connectivity index (χ3n) is 6.04. The summed E-state index contributed by atoms with van der Waals surface area (Å²) in [5.41, 5.74) is 2.02. The van der Waals surface area contributed by atoms with E-state index in [0.29, 0.717) is 24.5 Å². The van der Waals surface area contributed by atoms with Crippen LogP contribution in [0.1, 0.15) is 44.4 Å². The average molecular weight is 527 g/mol. The molecule has 1 aliphatic heterocycles. The molecule has 3 amide bonds. The zero-order valence-corrected chi connectivity index (χ0v) is 23.2. The standard InChI is InChI=1S/C28H38N4O6/c1-28(2,3)29-27(34)31(14-15-35-4)18-26(33)32-23(20-10-13-24(37-6)25(16-20)38-7)17-22(30-32)19-8-11-21(36-5)12-9-19/h8-13,16,23H,14-15,17-18H2,1-7H3,(H,29,34). The second-order valence-electron chi connectivity index (χ2n) is 9.94. The van der Waals surface area contributed by atoms with Crippen LogP contribution in [0.25, 0.3) is 0 Å². The van der Waals surface area contributed by atoms with Crippen molar-refractivity contribution in [2.75, 3.05) is 48.1 Å². The SMILES string of the molecule is COCCN(CC(=O)N1N=C(c2ccc(OC)cc2)CC1c1ccc(OC)c(OC)c1)C(=O)NC(C)(C)C. The van der Waals surface area contributed by atoms with Crippen LogP contribution >= 0.6 is 0 Å². The molecule has 1 N–H and O–H groups in total. The van der Waals surface area contributed by atoms with Crippen molar-refractivity contribution in [1.82, 2.24) is 15.2 Å². The van der Waals surface area contributed by atoms with Crippen molar-refractivity contribution in [1.29, 1.82) is 0 Å². The van der Waals surface area contributed by atoms with Gasteiger partial charge in [-0.15, -0.1) is 0 Å². The lowest BCUT2D eigenvalue weighted by atomic mass is 9.98. The summed E-state index contributed by atoms with van der Waals surface area (Å²) < 4.78 is 21.3. The molecule has 0 bridgehead atoms. The smallest absolute Gasteiger partial charge is 0.318 e. The molecule has 1 heterocycles. The second-order valence-corrected chi connectivity index (χ2v) is 9.94. The summed E-state index contributed by atoms with van der Waals surface area (Å²) in [5, 5.41) is 9.12. The first-order chi connectivity index (χ1) is 18.1. The number of hydrazone groups is 1. The predicted octanol–water partition coefficient (Wildman–Crippen LogP) is 3.85. The van der Waals surface area contributed by atoms with Crippen LogP contribution in [0.15, 0.2) is 47.6 Å². The monoisotopic (exact) mass is 526 g/mol. The lowest BCUT2D eigenvalue weighted by Crippen LogP contribution is -2.52. The van der Waals surface area contributed by atoms with E-state index in [1.165, 1.54) is 9.91 Å². The van der Waals surface area contributed by atoms with Crippen molar-refractivity contribution in [2.45, 2.75) is 38.8 Å². The minimum Gasteiger partial charge on any atom is -0.497 e. The number of hydrogen-bond donors (Lipinski definition) is 1. The molecule has 206 valence electrons. The van der Waals surface area contributed by atoms with Gasteiger partial charge in [-0.05, 0) is 68.3 Å². The van der Waals surface area contributed by atoms with E-state index in [0.717, 1.165) is 22.6 Å². The van der Waals surface area contributed by atoms with Crippen LogP contribution in [0, 0.1) is 0 Å². The topological polar surface area (TPSA) is 102 Å². The van der Waals surface area contributed by atoms with Gasteiger partial charge in [-0.3, -0.25) is 4.79 Å². The van der Waals surface area contributed by atoms with Gasteiger partial charge in [-0.25, -0.2) is 9.80 Å². The van der Waals surface area contributed by atoms with E-state index < -0.39 is 11.6 Å². The number of nitrogens with zero attached hydrogens (tertiary/aromatic N) is 3. The molecule has 0 aromatic heterocycles. The third kappa shape index (κ3) is 7.16. The van der Waals surface area contributed by atoms with E-state index in [2.05, 4.69) is 5.32 Å². The van der Waals surface area contributed by atoms with E-state index in [1.807, 2.05) is 63.2 Å². The van der Waals surface area contributed by atoms with Gasteiger partial charge in [0.2, 0.25) is 0 Å². The first kappa shape index (κ1) is 28.8. The van der Waals surface area contributed by atoms with Crippen molar-refractivity contribution in [2.24, 2.45) is 5.10 Å². The first-order valence-electron chi connectivity index (χ1n) is 12.4. The molecule has 0 aliphatic carbocycles. The molecular weight excluding hydrogens is 488 g/mol. The first-order valence-corrected chi connectivity index (χ1v) is 12.4. The number of carbonyl (C=O) groups excluding carboxylic acids is 2. The minimum atomic E-state index is -0.457. The lowest BCUT2D eigenvalue weighted by Gasteiger charge is -2.30. The molecule has 3 rings (SSSR count). The summed E-state index contributed by atoms with van der Waals surface area (Å²) in [6.07, 6.45) is 0.486. The molecule has 1 aliphatic rings. The molecule has 0 spiro atoms. The van der Waals surface area contributed by atoms with Crippen molar-refractivity contribution < 1.29 is 28.5 Å². The van der Waals surface area contributed by atoms with E-state index in [1.54, 1.807) is 28.4 Å². The number of rotatable bonds is 10. The quantitative estimate of drug-likeness (QED) is 0.505. The largest absolute Gasteiger partial charge is 0.497 e. The predicted molar refractivity (Wildman–Crippen MR) is 145 cm³/mol. The van der Waals surface area contributed by atoms with Crippen LogP contribution in [0.3, 0.4) is 0 Å². The maximum Gasteiger partial charge on any atom is 0.318 e. The highest BCUT2D eigenvalue weighted by Gasteiger charge is 2.35. The van der Waals surface area contributed by atoms with Gasteiger partial charge < -0.3 is 29.2 Å². The van der Waals surface area contributed by atoms with Crippen LogP contribution in [-0.2, 0) is 9.53 Å². The van der Waals surface area contributed by atoms with Crippen LogP contribution in [-0.4, -0.2) is 81.2 Å². The maximum absolute atomic E-state index is 13.7. The maximum atomic E-state index is 13.7. The van der Waals surface area contributed by atoms with E-state index >= 15 is 0 Å². The Hall–Kier alpha value is -3.79. The number of carbonyl (C=O) groups is 2. The van der Waals surface area contributed by atoms with E-state index in [4.69, 9.17) is 24.0 Å². The fourth-order valence-corrected chi connectivity index (χ4v) is 4.11. The molecule has 0 saturated heterocycles. The summed E-state index contributed by atoms with van der Waals surface area (Å²) in [5.74, 6) is 1.57. The Morgan fingerprint density at radius 2 is 1.68 bits per heavy atom. The molecule has 1 unspecified atom stereocenters. The lowest BCUT2D eigenvalue weighted by molar-refractivity contribution is -0.133. The number of amides is 3. The number of methoxy groups -OCH3 is 4. The van der Waals surface area contributed by atoms with E-state index in [-0.39, 0.29) is 25.0 Å². The van der Waals surface area contributed by atoms with Crippen molar-refractivity contribution in [3.63, 3.8) is 0 Å². The van der Waals surface area contributed by atoms with Gasteiger partial charge in [0.1, 0.15) is 12.3 Å². The van der Waals surface area contributed by atoms with E-state index in [9.17, 15) is 9.59 Å². The normalized spacial score (nSPS) is 15.1. The highest BCUT2D eigenvalue weighted by molar-refractivity contribution is 6.03. The Morgan fingerprint density at radius 1 is 1.00 bits per heavy atom. The summed E-state index contributed by atoms with van der Waals surface area (Å²) >= 11 is 0. The number of benzene rings is 2. The Balaban J connectivity index is 1.95. The van der Waals surface area contributed by atoms with Gasteiger partial charge in [-0.1, -0.05) is 6.07 Å². The molecule has 2 aromatic carbocycles. The Morgan fingerprint density at radius 3 is 2.26 bits per heavy atom. The van der Waals surface area contributed by atoms with Gasteiger partial charge in [0.15, 0.2) is 11.5 Å². The Bertz CT molecular complexity index is 1140. The summed E-state index contributed by atoms with van der Waals surface area (Å²) in [6, 6.07) is 12.4. The molecule has 1 atom stereocenters. The Kier molecular flexibility index (Phi) is 9.57. The zero-order valence-electron chi connectivity index (χ0n) is 23.2. The van der Waals surface area contributed by atoms with Gasteiger partial charge in [-0.2, -0.15) is 5.10 Å². The summed E-state index contributed by atoms with van der Waals surface area (Å²) in [7, 11) is 6.31. The number of ether oxygens (including phenoxy) is 4. The number of hydrogen-bond acceptors (Lipinski definition) is 7. The highest BCUT2D eigenvalue weighted by atomic mass is 16.5. The molecule has 10 heteroatoms. The minimum absolute atomic E-state index is 0.158. The van der Waals surface area contributed by atoms with Crippen molar-refractivity contribution >= 4 is 17.6 Å². The highest BCUT2D eigenvalue weighted by Crippen LogP contribution is 2.37. The molecular formula is C28H38N4O6. The van der Waals surface area contributed by atoms with Gasteiger partial charge in [0.05, 0.1) is 39.7 Å². The van der Waals surface area contributed by atoms with Crippen molar-refractivity contribution in [3.8, 4) is 17.2 Å². The Labute approximate surface area is 224 Å². The molecule has 0 radical (unpaired) electrons. The molecule has 0 fully saturated rings. The molecule has 38 heavy (non-hydrogen) atoms. The fraction of sp³-hybridized carbons (Fsp3) is 0.464. The summed E-state index contributed by atoms with van der Waals surface area (Å²) in [6.45, 7) is 6.06. The average Bonchev–Trinajstić information content (AvgIpc) is 3.35. The van der Waals surface area contributed by atoms with Crippen molar-refractivity contribution in [3.05, 3.63) is 53.6 Å². The molecule has 10 nitrogen and oxygen atoms in total. The molecule has 0 saturated carbocycles. The van der Waals surface area contributed by atoms with Crippen LogP contribution in [0.4, 0.5) is 4.79 Å². The number of urea groups is 1. The fourth-order valence-electron chi connectivity index (χ4n) is 4.11. The molecule has 2 aromatic rings. The zero-order chi connectivity index (χ0) is 27.9. The van der Waals surface area contributed by atoms with Gasteiger partial charge >= 0.3 is 6.03 Å². The van der Waals surface area contributed by atoms with Crippen LogP contribution in [0.2, 0.25) is 0 Å². The van der Waals surface area contributed by atoms with Crippen LogP contribution in [0.5, 0.6) is 17.2 Å². The summed E-state index contributed by atoms with van der Waals surface area (Å²) in [4.78, 5) is 28.1. The number of nitrogens with one attached hydrogen (secondary N) is 1. The van der Waals surface area contributed by atoms with Gasteiger partial charge in [0, 0.05) is 25.6 Å². The second kappa shape index (κ2) is 12.6. The van der Waals surface area contributed by atoms with Gasteiger partial charge in [0.25, 0.3) is 5.91 Å². The third-order valence-corrected chi connectivity index (χ3v) is 6.04. The van der Waals surface area contributed by atoms with Crippen LogP contribution < -0.4 is 19.5 Å².